The molecule has 0 aliphatic carbocycles. The maximum atomic E-state index is 14.1. The van der Waals surface area contributed by atoms with Crippen LogP contribution in [0.2, 0.25) is 0 Å². The molecule has 0 atom stereocenters. The molecule has 0 radical (unpaired) electrons. The Balaban J connectivity index is 1.49. The highest BCUT2D eigenvalue weighted by Crippen LogP contribution is 2.20. The number of hydrogen-bond acceptors (Lipinski definition) is 5. The molecule has 0 bridgehead atoms. The second-order valence-corrected chi connectivity index (χ2v) is 8.40. The van der Waals surface area contributed by atoms with Crippen LogP contribution in [0.3, 0.4) is 0 Å². The van der Waals surface area contributed by atoms with Gasteiger partial charge in [-0.15, -0.1) is 0 Å². The van der Waals surface area contributed by atoms with Crippen LogP contribution >= 0.6 is 0 Å². The summed E-state index contributed by atoms with van der Waals surface area (Å²) in [5.41, 5.74) is 1.90. The second-order valence-electron chi connectivity index (χ2n) is 8.40. The van der Waals surface area contributed by atoms with Crippen LogP contribution in [0, 0.1) is 5.82 Å². The Bertz CT molecular complexity index is 1170. The van der Waals surface area contributed by atoms with Gasteiger partial charge in [-0.1, -0.05) is 18.2 Å². The number of piperazine rings is 1. The van der Waals surface area contributed by atoms with Crippen molar-refractivity contribution in [2.24, 2.45) is 4.99 Å². The van der Waals surface area contributed by atoms with Crippen LogP contribution < -0.4 is 14.8 Å². The second kappa shape index (κ2) is 12.2. The molecule has 1 N–H and O–H groups in total. The van der Waals surface area contributed by atoms with Crippen LogP contribution in [0.25, 0.3) is 0 Å². The lowest BCUT2D eigenvalue weighted by molar-refractivity contribution is 0.0967. The molecule has 0 spiro atoms. The van der Waals surface area contributed by atoms with Crippen molar-refractivity contribution in [2.45, 2.75) is 13.5 Å². The molecule has 0 aromatic heterocycles. The van der Waals surface area contributed by atoms with Gasteiger partial charge in [0.2, 0.25) is 5.96 Å². The lowest BCUT2D eigenvalue weighted by Crippen LogP contribution is -2.53. The SMILES string of the molecule is CCOc1ccc(N=C(NC(=O)c2ccc(OC)cc2)N2CCN(Cc3ccccc3F)CC2)cc1. The average Bonchev–Trinajstić information content (AvgIpc) is 2.91. The average molecular weight is 491 g/mol. The molecule has 1 fully saturated rings. The molecule has 188 valence electrons. The molecule has 8 heteroatoms. The number of aliphatic imine (C=N–C) groups is 1. The summed E-state index contributed by atoms with van der Waals surface area (Å²) in [6.07, 6.45) is 0. The summed E-state index contributed by atoms with van der Waals surface area (Å²) in [5, 5.41) is 2.99. The Hall–Kier alpha value is -3.91. The molecule has 36 heavy (non-hydrogen) atoms. The standard InChI is InChI=1S/C28H31FN4O3/c1-3-36-25-14-10-23(11-15-25)30-28(31-27(34)21-8-12-24(35-2)13-9-21)33-18-16-32(17-19-33)20-22-6-4-5-7-26(22)29/h4-15H,3,16-20H2,1-2H3,(H,30,31,34). The van der Waals surface area contributed by atoms with Crippen molar-refractivity contribution in [1.82, 2.24) is 15.1 Å². The summed E-state index contributed by atoms with van der Waals surface area (Å²) in [4.78, 5) is 22.1. The van der Waals surface area contributed by atoms with E-state index in [-0.39, 0.29) is 11.7 Å². The summed E-state index contributed by atoms with van der Waals surface area (Å²) in [6, 6.07) is 21.2. The van der Waals surface area contributed by atoms with E-state index in [4.69, 9.17) is 14.5 Å². The van der Waals surface area contributed by atoms with Crippen LogP contribution in [-0.4, -0.2) is 61.6 Å². The molecule has 1 amide bonds. The molecular weight excluding hydrogens is 459 g/mol. The first kappa shape index (κ1) is 25.2. The highest BCUT2D eigenvalue weighted by atomic mass is 19.1. The number of methoxy groups -OCH3 is 1. The zero-order valence-corrected chi connectivity index (χ0v) is 20.6. The first-order valence-corrected chi connectivity index (χ1v) is 12.0. The Morgan fingerprint density at radius 3 is 2.25 bits per heavy atom. The summed E-state index contributed by atoms with van der Waals surface area (Å²) < 4.78 is 24.8. The minimum Gasteiger partial charge on any atom is -0.497 e. The van der Waals surface area contributed by atoms with Crippen molar-refractivity contribution in [3.8, 4) is 11.5 Å². The fraction of sp³-hybridized carbons (Fsp3) is 0.286. The van der Waals surface area contributed by atoms with E-state index < -0.39 is 0 Å². The fourth-order valence-corrected chi connectivity index (χ4v) is 3.98. The largest absolute Gasteiger partial charge is 0.497 e. The van der Waals surface area contributed by atoms with Crippen molar-refractivity contribution in [1.29, 1.82) is 0 Å². The van der Waals surface area contributed by atoms with E-state index in [1.165, 1.54) is 6.07 Å². The Kier molecular flexibility index (Phi) is 8.52. The Morgan fingerprint density at radius 1 is 0.944 bits per heavy atom. The molecule has 4 rings (SSSR count). The van der Waals surface area contributed by atoms with E-state index in [2.05, 4.69) is 15.1 Å². The number of hydrogen-bond donors (Lipinski definition) is 1. The molecule has 1 aliphatic heterocycles. The van der Waals surface area contributed by atoms with Gasteiger partial charge in [0.25, 0.3) is 5.91 Å². The van der Waals surface area contributed by atoms with E-state index in [1.54, 1.807) is 37.4 Å². The fourth-order valence-electron chi connectivity index (χ4n) is 3.98. The monoisotopic (exact) mass is 490 g/mol. The third-order valence-corrected chi connectivity index (χ3v) is 5.98. The number of amides is 1. The molecule has 3 aromatic rings. The van der Waals surface area contributed by atoms with Gasteiger partial charge in [0.05, 0.1) is 19.4 Å². The van der Waals surface area contributed by atoms with E-state index >= 15 is 0 Å². The van der Waals surface area contributed by atoms with Crippen molar-refractivity contribution in [3.63, 3.8) is 0 Å². The van der Waals surface area contributed by atoms with Gasteiger partial charge in [-0.25, -0.2) is 9.38 Å². The van der Waals surface area contributed by atoms with E-state index in [9.17, 15) is 9.18 Å². The minimum absolute atomic E-state index is 0.190. The van der Waals surface area contributed by atoms with Gasteiger partial charge >= 0.3 is 0 Å². The number of halogens is 1. The first-order valence-electron chi connectivity index (χ1n) is 12.0. The number of carbonyl (C=O) groups excluding carboxylic acids is 1. The highest BCUT2D eigenvalue weighted by Gasteiger charge is 2.22. The quantitative estimate of drug-likeness (QED) is 0.391. The van der Waals surface area contributed by atoms with Crippen molar-refractivity contribution in [2.75, 3.05) is 39.9 Å². The molecule has 1 heterocycles. The van der Waals surface area contributed by atoms with Crippen molar-refractivity contribution in [3.05, 3.63) is 89.7 Å². The van der Waals surface area contributed by atoms with Gasteiger partial charge in [0, 0.05) is 43.9 Å². The van der Waals surface area contributed by atoms with Gasteiger partial charge < -0.3 is 14.4 Å². The molecule has 1 saturated heterocycles. The Labute approximate surface area is 211 Å². The van der Waals surface area contributed by atoms with Gasteiger partial charge in [-0.2, -0.15) is 0 Å². The van der Waals surface area contributed by atoms with Crippen LogP contribution in [0.1, 0.15) is 22.8 Å². The predicted octanol–water partition coefficient (Wildman–Crippen LogP) is 4.47. The maximum Gasteiger partial charge on any atom is 0.257 e. The van der Waals surface area contributed by atoms with Gasteiger partial charge in [-0.3, -0.25) is 15.0 Å². The lowest BCUT2D eigenvalue weighted by Gasteiger charge is -2.36. The van der Waals surface area contributed by atoms with E-state index in [0.29, 0.717) is 54.8 Å². The topological polar surface area (TPSA) is 66.4 Å². The summed E-state index contributed by atoms with van der Waals surface area (Å²) >= 11 is 0. The number of rotatable bonds is 7. The summed E-state index contributed by atoms with van der Waals surface area (Å²) in [5.74, 6) is 1.48. The van der Waals surface area contributed by atoms with E-state index in [1.807, 2.05) is 43.3 Å². The summed E-state index contributed by atoms with van der Waals surface area (Å²) in [6.45, 7) is 5.79. The van der Waals surface area contributed by atoms with Crippen molar-refractivity contribution >= 4 is 17.6 Å². The Morgan fingerprint density at radius 2 is 1.61 bits per heavy atom. The number of ether oxygens (including phenoxy) is 2. The number of nitrogens with zero attached hydrogens (tertiary/aromatic N) is 3. The number of nitrogens with one attached hydrogen (secondary N) is 1. The van der Waals surface area contributed by atoms with Crippen molar-refractivity contribution < 1.29 is 18.7 Å². The molecule has 3 aromatic carbocycles. The van der Waals surface area contributed by atoms with Crippen LogP contribution in [0.5, 0.6) is 11.5 Å². The molecule has 0 saturated carbocycles. The smallest absolute Gasteiger partial charge is 0.257 e. The van der Waals surface area contributed by atoms with Crippen LogP contribution in [0.4, 0.5) is 10.1 Å². The minimum atomic E-state index is -0.254. The molecular formula is C28H31FN4O3. The van der Waals surface area contributed by atoms with Gasteiger partial charge in [0.15, 0.2) is 0 Å². The number of benzene rings is 3. The highest BCUT2D eigenvalue weighted by molar-refractivity contribution is 6.06. The lowest BCUT2D eigenvalue weighted by atomic mass is 10.2. The summed E-state index contributed by atoms with van der Waals surface area (Å²) in [7, 11) is 1.59. The maximum absolute atomic E-state index is 14.1. The van der Waals surface area contributed by atoms with E-state index in [0.717, 1.165) is 18.8 Å². The zero-order valence-electron chi connectivity index (χ0n) is 20.6. The van der Waals surface area contributed by atoms with Gasteiger partial charge in [-0.05, 0) is 61.5 Å². The van der Waals surface area contributed by atoms with Crippen LogP contribution in [0.15, 0.2) is 77.8 Å². The number of carbonyl (C=O) groups is 1. The first-order chi connectivity index (χ1) is 17.6. The number of guanidine groups is 1. The normalized spacial score (nSPS) is 14.4. The molecule has 7 nitrogen and oxygen atoms in total. The third-order valence-electron chi connectivity index (χ3n) is 5.98. The molecule has 0 unspecified atom stereocenters. The van der Waals surface area contributed by atoms with Gasteiger partial charge in [0.1, 0.15) is 17.3 Å². The zero-order chi connectivity index (χ0) is 25.3. The molecule has 1 aliphatic rings. The predicted molar refractivity (Wildman–Crippen MR) is 138 cm³/mol. The third kappa shape index (κ3) is 6.60. The van der Waals surface area contributed by atoms with Crippen LogP contribution in [-0.2, 0) is 6.54 Å².